The van der Waals surface area contributed by atoms with Crippen molar-refractivity contribution in [2.24, 2.45) is 0 Å². The van der Waals surface area contributed by atoms with E-state index in [0.717, 1.165) is 0 Å². The number of ether oxygens (including phenoxy) is 1. The molecule has 1 fully saturated rings. The van der Waals surface area contributed by atoms with Crippen molar-refractivity contribution in [1.29, 1.82) is 0 Å². The van der Waals surface area contributed by atoms with Crippen LogP contribution in [-0.2, 0) is 14.4 Å². The average Bonchev–Trinajstić information content (AvgIpc) is 2.58. The summed E-state index contributed by atoms with van der Waals surface area (Å²) in [5.74, 6) is -0.821. The van der Waals surface area contributed by atoms with Crippen LogP contribution in [0.5, 0.6) is 5.75 Å². The number of nitrogens with one attached hydrogen (secondary N) is 1. The second kappa shape index (κ2) is 6.56. The maximum atomic E-state index is 12.2. The Hall–Kier alpha value is -2.48. The van der Waals surface area contributed by atoms with E-state index in [4.69, 9.17) is 4.74 Å². The monoisotopic (exact) mass is 348 g/mol. The fourth-order valence-electron chi connectivity index (χ4n) is 2.73. The van der Waals surface area contributed by atoms with Gasteiger partial charge in [-0.3, -0.25) is 14.5 Å². The summed E-state index contributed by atoms with van der Waals surface area (Å²) in [4.78, 5) is 37.4. The number of nitrogens with zero attached hydrogens (tertiary/aromatic N) is 1. The lowest BCUT2D eigenvalue weighted by molar-refractivity contribution is -0.153. The number of amides is 2. The van der Waals surface area contributed by atoms with Crippen LogP contribution in [0.1, 0.15) is 6.92 Å². The van der Waals surface area contributed by atoms with Crippen molar-refractivity contribution in [1.82, 2.24) is 10.2 Å². The summed E-state index contributed by atoms with van der Waals surface area (Å²) in [7, 11) is 0. The van der Waals surface area contributed by atoms with Crippen LogP contribution >= 0.6 is 11.8 Å². The van der Waals surface area contributed by atoms with Gasteiger partial charge in [-0.05, 0) is 19.1 Å². The van der Waals surface area contributed by atoms with Crippen LogP contribution in [0.4, 0.5) is 0 Å². The van der Waals surface area contributed by atoms with Crippen molar-refractivity contribution in [3.63, 3.8) is 0 Å². The lowest BCUT2D eigenvalue weighted by atomic mass is 9.94. The first-order valence-electron chi connectivity index (χ1n) is 7.36. The Morgan fingerprint density at radius 3 is 2.75 bits per heavy atom. The van der Waals surface area contributed by atoms with Gasteiger partial charge in [-0.2, -0.15) is 0 Å². The minimum atomic E-state index is -1.13. The molecule has 0 saturated carbocycles. The van der Waals surface area contributed by atoms with Crippen molar-refractivity contribution >= 4 is 29.5 Å². The van der Waals surface area contributed by atoms with Gasteiger partial charge in [0.2, 0.25) is 0 Å². The molecule has 126 valence electrons. The molecule has 1 aromatic rings. The molecule has 2 aliphatic rings. The molecule has 2 N–H and O–H groups in total. The second-order valence-electron chi connectivity index (χ2n) is 5.44. The first-order chi connectivity index (χ1) is 11.5. The number of hydrogen-bond donors (Lipinski definition) is 2. The molecule has 1 aromatic carbocycles. The standard InChI is InChI=1S/C16H16N2O5S/c1-9-14(16(21)22)18-11(8-24-9)13(15(18)20)17-12(19)7-23-10-5-3-2-4-6-10/h2-6,11,13H,7-8H2,1H3,(H,17,19)(H,21,22)/t11-,13-/m0/s1. The molecule has 0 spiro atoms. The number of carbonyl (C=O) groups excluding carboxylic acids is 2. The normalized spacial score (nSPS) is 22.5. The molecule has 0 aromatic heterocycles. The van der Waals surface area contributed by atoms with E-state index < -0.39 is 23.8 Å². The molecule has 0 unspecified atom stereocenters. The number of para-hydroxylation sites is 1. The number of thioether (sulfide) groups is 1. The van der Waals surface area contributed by atoms with Gasteiger partial charge in [-0.25, -0.2) is 4.79 Å². The topological polar surface area (TPSA) is 95.9 Å². The van der Waals surface area contributed by atoms with E-state index in [1.165, 1.54) is 16.7 Å². The van der Waals surface area contributed by atoms with Gasteiger partial charge < -0.3 is 15.2 Å². The van der Waals surface area contributed by atoms with E-state index in [9.17, 15) is 19.5 Å². The molecule has 1 saturated heterocycles. The predicted molar refractivity (Wildman–Crippen MR) is 87.3 cm³/mol. The Morgan fingerprint density at radius 1 is 1.38 bits per heavy atom. The van der Waals surface area contributed by atoms with Gasteiger partial charge in [0.15, 0.2) is 6.61 Å². The molecule has 0 bridgehead atoms. The zero-order valence-corrected chi connectivity index (χ0v) is 13.7. The molecule has 8 heteroatoms. The summed E-state index contributed by atoms with van der Waals surface area (Å²) in [5.41, 5.74) is 0.00674. The smallest absolute Gasteiger partial charge is 0.353 e. The summed E-state index contributed by atoms with van der Waals surface area (Å²) < 4.78 is 5.34. The third-order valence-electron chi connectivity index (χ3n) is 3.90. The van der Waals surface area contributed by atoms with Crippen LogP contribution in [0.3, 0.4) is 0 Å². The summed E-state index contributed by atoms with van der Waals surface area (Å²) in [6, 6.07) is 7.85. The minimum absolute atomic E-state index is 0.00674. The highest BCUT2D eigenvalue weighted by Crippen LogP contribution is 2.38. The van der Waals surface area contributed by atoms with Crippen molar-refractivity contribution in [2.45, 2.75) is 19.0 Å². The summed E-state index contributed by atoms with van der Waals surface area (Å²) in [6.07, 6.45) is 0. The van der Waals surface area contributed by atoms with E-state index in [1.807, 2.05) is 6.07 Å². The molecule has 2 aliphatic heterocycles. The summed E-state index contributed by atoms with van der Waals surface area (Å²) in [5, 5.41) is 11.9. The van der Waals surface area contributed by atoms with E-state index in [0.29, 0.717) is 16.4 Å². The molecular weight excluding hydrogens is 332 g/mol. The van der Waals surface area contributed by atoms with Crippen LogP contribution in [0.15, 0.2) is 40.9 Å². The number of benzene rings is 1. The van der Waals surface area contributed by atoms with Crippen molar-refractivity contribution in [3.05, 3.63) is 40.9 Å². The molecular formula is C16H16N2O5S. The molecule has 2 atom stereocenters. The lowest BCUT2D eigenvalue weighted by Crippen LogP contribution is -2.72. The molecule has 2 amide bonds. The zero-order chi connectivity index (χ0) is 17.3. The fraction of sp³-hybridized carbons (Fsp3) is 0.312. The van der Waals surface area contributed by atoms with E-state index in [-0.39, 0.29) is 18.3 Å². The molecule has 2 heterocycles. The zero-order valence-electron chi connectivity index (χ0n) is 12.9. The van der Waals surface area contributed by atoms with Gasteiger partial charge in [0.1, 0.15) is 17.5 Å². The van der Waals surface area contributed by atoms with Crippen LogP contribution in [-0.4, -0.2) is 52.2 Å². The van der Waals surface area contributed by atoms with Crippen LogP contribution < -0.4 is 10.1 Å². The fourth-order valence-corrected chi connectivity index (χ4v) is 3.82. The quantitative estimate of drug-likeness (QED) is 0.765. The summed E-state index contributed by atoms with van der Waals surface area (Å²) in [6.45, 7) is 1.48. The van der Waals surface area contributed by atoms with Crippen molar-refractivity contribution in [2.75, 3.05) is 12.4 Å². The van der Waals surface area contributed by atoms with Gasteiger partial charge >= 0.3 is 5.97 Å². The number of fused-ring (bicyclic) bond motifs is 1. The Morgan fingerprint density at radius 2 is 2.08 bits per heavy atom. The Labute approximate surface area is 142 Å². The lowest BCUT2D eigenvalue weighted by Gasteiger charge is -2.49. The number of carboxylic acid groups (broad SMARTS) is 1. The third kappa shape index (κ3) is 2.96. The van der Waals surface area contributed by atoms with Gasteiger partial charge in [0.05, 0.1) is 6.04 Å². The highest BCUT2D eigenvalue weighted by molar-refractivity contribution is 8.03. The van der Waals surface area contributed by atoms with Crippen LogP contribution in [0, 0.1) is 0 Å². The maximum absolute atomic E-state index is 12.2. The first-order valence-corrected chi connectivity index (χ1v) is 8.35. The number of allylic oxidation sites excluding steroid dienone is 1. The van der Waals surface area contributed by atoms with Gasteiger partial charge in [-0.15, -0.1) is 11.8 Å². The first kappa shape index (κ1) is 16.4. The number of hydrogen-bond acceptors (Lipinski definition) is 5. The maximum Gasteiger partial charge on any atom is 0.353 e. The van der Waals surface area contributed by atoms with Crippen molar-refractivity contribution < 1.29 is 24.2 Å². The Bertz CT molecular complexity index is 718. The van der Waals surface area contributed by atoms with Gasteiger partial charge in [0.25, 0.3) is 11.8 Å². The van der Waals surface area contributed by atoms with Crippen LogP contribution in [0.25, 0.3) is 0 Å². The SMILES string of the molecule is CC1=C(C(=O)O)N2C(=O)[C@@H](NC(=O)COc3ccccc3)[C@@H]2CS1. The molecule has 0 aliphatic carbocycles. The average molecular weight is 348 g/mol. The Balaban J connectivity index is 1.59. The summed E-state index contributed by atoms with van der Waals surface area (Å²) >= 11 is 1.38. The van der Waals surface area contributed by atoms with Crippen molar-refractivity contribution in [3.8, 4) is 5.75 Å². The molecule has 7 nitrogen and oxygen atoms in total. The predicted octanol–water partition coefficient (Wildman–Crippen LogP) is 0.824. The molecule has 3 rings (SSSR count). The number of rotatable bonds is 5. The van der Waals surface area contributed by atoms with E-state index >= 15 is 0 Å². The Kier molecular flexibility index (Phi) is 4.48. The number of β-lactam (4-membered cyclic amide) rings is 1. The number of carbonyl (C=O) groups is 3. The van der Waals surface area contributed by atoms with E-state index in [1.54, 1.807) is 31.2 Å². The number of aliphatic carboxylic acids is 1. The third-order valence-corrected chi connectivity index (χ3v) is 5.03. The highest BCUT2D eigenvalue weighted by atomic mass is 32.2. The van der Waals surface area contributed by atoms with E-state index in [2.05, 4.69) is 5.32 Å². The number of carboxylic acids is 1. The minimum Gasteiger partial charge on any atom is -0.484 e. The molecule has 24 heavy (non-hydrogen) atoms. The largest absolute Gasteiger partial charge is 0.484 e. The van der Waals surface area contributed by atoms with Gasteiger partial charge in [-0.1, -0.05) is 18.2 Å². The second-order valence-corrected chi connectivity index (χ2v) is 6.68. The van der Waals surface area contributed by atoms with Crippen LogP contribution in [0.2, 0.25) is 0 Å². The van der Waals surface area contributed by atoms with Gasteiger partial charge in [0, 0.05) is 10.7 Å². The highest BCUT2D eigenvalue weighted by Gasteiger charge is 2.53. The molecule has 0 radical (unpaired) electrons.